The van der Waals surface area contributed by atoms with Crippen LogP contribution in [0.5, 0.6) is 0 Å². The number of alkyl halides is 1. The van der Waals surface area contributed by atoms with Crippen molar-refractivity contribution in [3.8, 4) is 17.2 Å². The van der Waals surface area contributed by atoms with E-state index in [1.165, 1.54) is 0 Å². The van der Waals surface area contributed by atoms with Gasteiger partial charge >= 0.3 is 6.09 Å². The molecular weight excluding hydrogens is 719 g/mol. The van der Waals surface area contributed by atoms with Crippen molar-refractivity contribution in [1.82, 2.24) is 19.4 Å². The second-order valence-corrected chi connectivity index (χ2v) is 18.2. The monoisotopic (exact) mass is 757 g/mol. The lowest BCUT2D eigenvalue weighted by Crippen LogP contribution is -2.45. The number of carbonyl (C=O) groups is 2. The van der Waals surface area contributed by atoms with Crippen molar-refractivity contribution in [3.05, 3.63) is 63.1 Å². The normalized spacial score (nSPS) is 31.1. The van der Waals surface area contributed by atoms with Crippen LogP contribution in [0.2, 0.25) is 10.0 Å². The molecule has 274 valence electrons. The summed E-state index contributed by atoms with van der Waals surface area (Å²) in [5, 5.41) is 11.5. The lowest BCUT2D eigenvalue weighted by atomic mass is 9.79. The lowest BCUT2D eigenvalue weighted by Gasteiger charge is -2.40. The minimum absolute atomic E-state index is 0.0112. The number of halogens is 4. The number of fused-ring (bicyclic) bond motifs is 5. The van der Waals surface area contributed by atoms with Gasteiger partial charge in [0.1, 0.15) is 11.1 Å². The fourth-order valence-electron chi connectivity index (χ4n) is 10.6. The Balaban J connectivity index is 1.22. The lowest BCUT2D eigenvalue weighted by molar-refractivity contribution is -0.139. The average molecular weight is 759 g/mol. The smallest absolute Gasteiger partial charge is 0.410 e. The molecule has 0 radical (unpaired) electrons. The molecule has 8 nitrogen and oxygen atoms in total. The summed E-state index contributed by atoms with van der Waals surface area (Å²) in [6.07, 6.45) is 1.31. The summed E-state index contributed by atoms with van der Waals surface area (Å²) in [5.41, 5.74) is 1.19. The highest BCUT2D eigenvalue weighted by atomic mass is 35.5. The van der Waals surface area contributed by atoms with Crippen LogP contribution in [0.3, 0.4) is 0 Å². The van der Waals surface area contributed by atoms with E-state index in [0.717, 1.165) is 23.0 Å². The Labute approximate surface area is 316 Å². The average Bonchev–Trinajstić information content (AvgIpc) is 3.78. The van der Waals surface area contributed by atoms with Crippen molar-refractivity contribution in [2.45, 2.75) is 102 Å². The molecule has 4 saturated carbocycles. The van der Waals surface area contributed by atoms with E-state index in [0.29, 0.717) is 34.7 Å². The summed E-state index contributed by atoms with van der Waals surface area (Å²) in [5.74, 6) is -0.357. The highest BCUT2D eigenvalue weighted by Gasteiger charge is 2.94. The molecule has 12 heteroatoms. The second kappa shape index (κ2) is 10.6. The first-order valence-corrected chi connectivity index (χ1v) is 19.4. The largest absolute Gasteiger partial charge is 0.444 e. The molecule has 4 aromatic rings. The van der Waals surface area contributed by atoms with Gasteiger partial charge in [-0.2, -0.15) is 5.26 Å². The molecular formula is C41H39Cl2F2N5O3. The third-order valence-corrected chi connectivity index (χ3v) is 14.2. The van der Waals surface area contributed by atoms with Crippen LogP contribution in [-0.2, 0) is 16.0 Å². The number of carbonyl (C=O) groups excluding carboxylic acids is 2. The number of ether oxygens (including phenoxy) is 1. The molecule has 8 aliphatic rings. The summed E-state index contributed by atoms with van der Waals surface area (Å²) in [7, 11) is 0. The summed E-state index contributed by atoms with van der Waals surface area (Å²) in [6, 6.07) is 10.6. The molecule has 4 saturated heterocycles. The van der Waals surface area contributed by atoms with E-state index >= 15 is 8.78 Å². The van der Waals surface area contributed by atoms with Crippen LogP contribution in [-0.4, -0.2) is 61.2 Å². The SMILES string of the molecule is Cc1nc2c(F)c(-c3cccc(Cl)c3Cl)c(CCC#N)cc2c2c1cc([C@H]1C3[C@@H]4[C@H](N1C(=O)C1(F)CC1)[C@]34C)n2[C@H]1[C@@H]2C[C@H]1N(C(=O)OC(C)(C)C)C2. The van der Waals surface area contributed by atoms with Crippen LogP contribution in [0.25, 0.3) is 32.9 Å². The molecule has 2 aromatic heterocycles. The van der Waals surface area contributed by atoms with Crippen LogP contribution < -0.4 is 0 Å². The van der Waals surface area contributed by atoms with Crippen molar-refractivity contribution in [1.29, 1.82) is 5.26 Å². The first-order chi connectivity index (χ1) is 25.1. The van der Waals surface area contributed by atoms with Gasteiger partial charge < -0.3 is 19.1 Å². The molecule has 53 heavy (non-hydrogen) atoms. The summed E-state index contributed by atoms with van der Waals surface area (Å²) in [6.45, 7) is 10.1. The Morgan fingerprint density at radius 3 is 2.57 bits per heavy atom. The number of hydrogen-bond donors (Lipinski definition) is 0. The number of aryl methyl sites for hydroxylation is 2. The third kappa shape index (κ3) is 4.41. The molecule has 8 fully saturated rings. The number of nitrogens with zero attached hydrogens (tertiary/aromatic N) is 5. The van der Waals surface area contributed by atoms with Crippen LogP contribution in [0, 0.1) is 47.2 Å². The highest BCUT2D eigenvalue weighted by Crippen LogP contribution is 2.90. The van der Waals surface area contributed by atoms with E-state index in [-0.39, 0.29) is 94.3 Å². The minimum atomic E-state index is -1.81. The summed E-state index contributed by atoms with van der Waals surface area (Å²) in [4.78, 5) is 36.1. The highest BCUT2D eigenvalue weighted by molar-refractivity contribution is 6.43. The van der Waals surface area contributed by atoms with E-state index in [2.05, 4.69) is 23.6 Å². The van der Waals surface area contributed by atoms with E-state index in [4.69, 9.17) is 32.9 Å². The van der Waals surface area contributed by atoms with Crippen molar-refractivity contribution in [3.63, 3.8) is 0 Å². The van der Waals surface area contributed by atoms with Gasteiger partial charge in [0.2, 0.25) is 0 Å². The second-order valence-electron chi connectivity index (χ2n) is 17.5. The number of benzene rings is 2. The van der Waals surface area contributed by atoms with Gasteiger partial charge in [0.25, 0.3) is 5.91 Å². The molecule has 6 heterocycles. The Hall–Kier alpha value is -3.94. The quantitative estimate of drug-likeness (QED) is 0.196. The molecule has 2 amide bonds. The van der Waals surface area contributed by atoms with Crippen LogP contribution in [0.1, 0.15) is 82.4 Å². The van der Waals surface area contributed by atoms with Gasteiger partial charge in [-0.25, -0.2) is 18.6 Å². The first-order valence-electron chi connectivity index (χ1n) is 18.6. The van der Waals surface area contributed by atoms with Gasteiger partial charge in [0.15, 0.2) is 11.5 Å². The van der Waals surface area contributed by atoms with E-state index in [9.17, 15) is 14.9 Å². The molecule has 0 N–H and O–H groups in total. The van der Waals surface area contributed by atoms with Gasteiger partial charge in [-0.05, 0) is 94.4 Å². The molecule has 4 bridgehead atoms. The molecule has 4 aliphatic carbocycles. The van der Waals surface area contributed by atoms with E-state index < -0.39 is 23.0 Å². The van der Waals surface area contributed by atoms with Gasteiger partial charge in [-0.15, -0.1) is 0 Å². The fraction of sp³-hybridized carbons (Fsp3) is 0.512. The third-order valence-electron chi connectivity index (χ3n) is 13.4. The topological polar surface area (TPSA) is 91.5 Å². The molecule has 8 atom stereocenters. The summed E-state index contributed by atoms with van der Waals surface area (Å²) >= 11 is 13.1. The summed E-state index contributed by atoms with van der Waals surface area (Å²) < 4.78 is 41.1. The van der Waals surface area contributed by atoms with Crippen molar-refractivity contribution >= 4 is 57.0 Å². The Bertz CT molecular complexity index is 2400. The van der Waals surface area contributed by atoms with E-state index in [1.807, 2.05) is 43.6 Å². The standard InChI is InChI=1S/C41H39Cl2F2N5O3/c1-18-22-16-26(35-28-29-36(40(28,29)5)50(35)37(51)41(45)11-12-41)49(33-20-15-25(33)48(17-20)38(52)53-39(2,3)4)34(22)23-14-19(8-7-13-46)27(31(44)32(23)47-18)21-9-6-10-24(42)30(21)43/h6,9-10,14,16,20,25,28-29,33,35-36H,7-8,11-12,15,17H2,1-5H3/t20-,25-,28?,29-,33+,35+,36+,40-/m1/s1. The van der Waals surface area contributed by atoms with Gasteiger partial charge in [-0.1, -0.05) is 42.3 Å². The van der Waals surface area contributed by atoms with Crippen molar-refractivity contribution < 1.29 is 23.1 Å². The Morgan fingerprint density at radius 2 is 1.89 bits per heavy atom. The predicted molar refractivity (Wildman–Crippen MR) is 197 cm³/mol. The molecule has 12 rings (SSSR count). The minimum Gasteiger partial charge on any atom is -0.444 e. The van der Waals surface area contributed by atoms with Crippen molar-refractivity contribution in [2.24, 2.45) is 23.2 Å². The number of nitriles is 1. The molecule has 2 aromatic carbocycles. The zero-order chi connectivity index (χ0) is 37.3. The van der Waals surface area contributed by atoms with Gasteiger partial charge in [0.05, 0.1) is 39.8 Å². The number of pyridine rings is 1. The van der Waals surface area contributed by atoms with Crippen LogP contribution in [0.15, 0.2) is 30.3 Å². The number of rotatable bonds is 6. The maximum Gasteiger partial charge on any atom is 0.410 e. The van der Waals surface area contributed by atoms with Crippen LogP contribution >= 0.6 is 23.2 Å². The Morgan fingerprint density at radius 1 is 1.15 bits per heavy atom. The predicted octanol–water partition coefficient (Wildman–Crippen LogP) is 9.27. The van der Waals surface area contributed by atoms with Gasteiger partial charge in [0, 0.05) is 58.2 Å². The molecule has 4 aliphatic heterocycles. The van der Waals surface area contributed by atoms with Crippen LogP contribution in [0.4, 0.5) is 13.6 Å². The first kappa shape index (κ1) is 33.6. The molecule has 1 unspecified atom stereocenters. The van der Waals surface area contributed by atoms with Crippen molar-refractivity contribution in [2.75, 3.05) is 6.54 Å². The number of piperidine rings is 1. The Kier molecular flexibility index (Phi) is 6.74. The van der Waals surface area contributed by atoms with E-state index in [1.54, 1.807) is 18.2 Å². The fourth-order valence-corrected chi connectivity index (χ4v) is 11.0. The number of aromatic nitrogens is 2. The maximum absolute atomic E-state index is 17.3. The number of hydrogen-bond acceptors (Lipinski definition) is 5. The number of amides is 2. The molecule has 0 spiro atoms. The zero-order valence-electron chi connectivity index (χ0n) is 30.1. The maximum atomic E-state index is 17.3. The zero-order valence-corrected chi connectivity index (χ0v) is 31.7. The van der Waals surface area contributed by atoms with Gasteiger partial charge in [-0.3, -0.25) is 4.79 Å².